The van der Waals surface area contributed by atoms with Gasteiger partial charge in [0.05, 0.1) is 11.3 Å². The fraction of sp³-hybridized carbons (Fsp3) is 0.269. The summed E-state index contributed by atoms with van der Waals surface area (Å²) in [5.74, 6) is -0.396. The van der Waals surface area contributed by atoms with Gasteiger partial charge in [-0.1, -0.05) is 54.1 Å². The van der Waals surface area contributed by atoms with Gasteiger partial charge in [0.25, 0.3) is 0 Å². The molecule has 3 aromatic rings. The van der Waals surface area contributed by atoms with E-state index in [1.807, 2.05) is 18.2 Å². The number of hydrogen-bond donors (Lipinski definition) is 1. The molecule has 4 rings (SSSR count). The van der Waals surface area contributed by atoms with Crippen LogP contribution in [0.2, 0.25) is 5.02 Å². The number of ether oxygens (including phenoxy) is 1. The fourth-order valence-electron chi connectivity index (χ4n) is 4.23. The topological polar surface area (TPSA) is 83.9 Å². The van der Waals surface area contributed by atoms with Gasteiger partial charge in [-0.25, -0.2) is 8.42 Å². The quantitative estimate of drug-likeness (QED) is 0.465. The number of carboxylic acids is 1. The Morgan fingerprint density at radius 3 is 2.44 bits per heavy atom. The zero-order valence-electron chi connectivity index (χ0n) is 18.6. The Hall–Kier alpha value is -2.87. The molecule has 1 fully saturated rings. The average molecular weight is 500 g/mol. The molecular formula is C26H26ClNO5S. The molecule has 34 heavy (non-hydrogen) atoms. The maximum absolute atomic E-state index is 13.2. The van der Waals surface area contributed by atoms with Crippen molar-refractivity contribution in [3.8, 4) is 5.75 Å². The van der Waals surface area contributed by atoms with E-state index in [9.17, 15) is 18.3 Å². The van der Waals surface area contributed by atoms with Gasteiger partial charge in [0.15, 0.2) is 0 Å². The van der Waals surface area contributed by atoms with Crippen LogP contribution in [0.5, 0.6) is 5.75 Å². The van der Waals surface area contributed by atoms with Crippen molar-refractivity contribution in [3.63, 3.8) is 0 Å². The minimum absolute atomic E-state index is 0.108. The Morgan fingerprint density at radius 1 is 1.03 bits per heavy atom. The molecule has 8 heteroatoms. The van der Waals surface area contributed by atoms with Gasteiger partial charge in [0.2, 0.25) is 10.0 Å². The molecule has 1 N–H and O–H groups in total. The lowest BCUT2D eigenvalue weighted by Crippen LogP contribution is -2.39. The molecule has 6 nitrogen and oxygen atoms in total. The minimum atomic E-state index is -3.62. The number of halogens is 1. The summed E-state index contributed by atoms with van der Waals surface area (Å²) in [6.45, 7) is 1.08. The van der Waals surface area contributed by atoms with E-state index in [0.717, 1.165) is 17.5 Å². The molecule has 0 bridgehead atoms. The van der Waals surface area contributed by atoms with Crippen LogP contribution in [0.4, 0.5) is 0 Å². The second-order valence-electron chi connectivity index (χ2n) is 8.37. The van der Waals surface area contributed by atoms with Gasteiger partial charge in [0, 0.05) is 24.0 Å². The highest BCUT2D eigenvalue weighted by Gasteiger charge is 2.32. The van der Waals surface area contributed by atoms with Gasteiger partial charge in [0.1, 0.15) is 12.4 Å². The zero-order valence-corrected chi connectivity index (χ0v) is 20.1. The van der Waals surface area contributed by atoms with Crippen molar-refractivity contribution in [3.05, 3.63) is 94.5 Å². The van der Waals surface area contributed by atoms with Gasteiger partial charge in [-0.15, -0.1) is 0 Å². The maximum Gasteiger partial charge on any atom is 0.307 e. The number of carbonyl (C=O) groups is 1. The normalized spacial score (nSPS) is 16.8. The van der Waals surface area contributed by atoms with Crippen LogP contribution in [0.25, 0.3) is 0 Å². The first-order valence-corrected chi connectivity index (χ1v) is 12.9. The van der Waals surface area contributed by atoms with E-state index in [0.29, 0.717) is 42.5 Å². The molecule has 1 atom stereocenters. The van der Waals surface area contributed by atoms with E-state index in [-0.39, 0.29) is 17.2 Å². The van der Waals surface area contributed by atoms with Crippen molar-refractivity contribution in [2.75, 3.05) is 13.1 Å². The van der Waals surface area contributed by atoms with Crippen LogP contribution in [0, 0.1) is 0 Å². The summed E-state index contributed by atoms with van der Waals surface area (Å²) < 4.78 is 34.1. The number of piperidine rings is 1. The van der Waals surface area contributed by atoms with Crippen molar-refractivity contribution < 1.29 is 23.1 Å². The smallest absolute Gasteiger partial charge is 0.307 e. The third kappa shape index (κ3) is 5.78. The lowest BCUT2D eigenvalue weighted by molar-refractivity contribution is -0.136. The van der Waals surface area contributed by atoms with Crippen molar-refractivity contribution in [2.24, 2.45) is 0 Å². The van der Waals surface area contributed by atoms with Crippen LogP contribution in [0.1, 0.15) is 35.4 Å². The lowest BCUT2D eigenvalue weighted by Gasteiger charge is -2.33. The number of rotatable bonds is 8. The van der Waals surface area contributed by atoms with Crippen LogP contribution in [0.3, 0.4) is 0 Å². The van der Waals surface area contributed by atoms with E-state index < -0.39 is 16.0 Å². The highest BCUT2D eigenvalue weighted by atomic mass is 35.5. The summed E-state index contributed by atoms with van der Waals surface area (Å²) in [5.41, 5.74) is 2.44. The minimum Gasteiger partial charge on any atom is -0.489 e. The Bertz CT molecular complexity index is 1250. The predicted octanol–water partition coefficient (Wildman–Crippen LogP) is 5.11. The second kappa shape index (κ2) is 10.6. The molecular weight excluding hydrogens is 474 g/mol. The molecule has 0 saturated carbocycles. The van der Waals surface area contributed by atoms with Gasteiger partial charge < -0.3 is 9.84 Å². The molecule has 0 radical (unpaired) electrons. The Balaban J connectivity index is 1.60. The molecule has 3 aromatic carbocycles. The average Bonchev–Trinajstić information content (AvgIpc) is 2.84. The van der Waals surface area contributed by atoms with Crippen LogP contribution < -0.4 is 4.74 Å². The van der Waals surface area contributed by atoms with E-state index >= 15 is 0 Å². The molecule has 1 aliphatic rings. The largest absolute Gasteiger partial charge is 0.489 e. The standard InChI is InChI=1S/C26H26ClNO5S/c27-22-11-8-19(9-12-22)18-33-25-13-10-20(16-26(29)30)15-24(25)21-5-4-14-28(17-21)34(31,32)23-6-2-1-3-7-23/h1-3,6-13,15,21H,4-5,14,16-18H2,(H,29,30). The SMILES string of the molecule is O=C(O)Cc1ccc(OCc2ccc(Cl)cc2)c(C2CCCN(S(=O)(=O)c3ccccc3)C2)c1. The molecule has 178 valence electrons. The highest BCUT2D eigenvalue weighted by Crippen LogP contribution is 2.36. The molecule has 1 aliphatic heterocycles. The van der Waals surface area contributed by atoms with Gasteiger partial charge in [-0.2, -0.15) is 4.31 Å². The molecule has 0 aromatic heterocycles. The summed E-state index contributed by atoms with van der Waals surface area (Å²) in [5, 5.41) is 9.90. The number of benzene rings is 3. The van der Waals surface area contributed by atoms with E-state index in [2.05, 4.69) is 0 Å². The first kappa shape index (κ1) is 24.3. The zero-order chi connectivity index (χ0) is 24.1. The Labute approximate surface area is 204 Å². The number of hydrogen-bond acceptors (Lipinski definition) is 4. The van der Waals surface area contributed by atoms with Crippen molar-refractivity contribution in [2.45, 2.75) is 36.7 Å². The monoisotopic (exact) mass is 499 g/mol. The second-order valence-corrected chi connectivity index (χ2v) is 10.7. The van der Waals surface area contributed by atoms with Crippen molar-refractivity contribution in [1.29, 1.82) is 0 Å². The summed E-state index contributed by atoms with van der Waals surface area (Å²) in [7, 11) is -3.62. The maximum atomic E-state index is 13.2. The molecule has 0 amide bonds. The third-order valence-electron chi connectivity index (χ3n) is 5.94. The number of nitrogens with zero attached hydrogens (tertiary/aromatic N) is 1. The molecule has 1 saturated heterocycles. The van der Waals surface area contributed by atoms with Crippen molar-refractivity contribution >= 4 is 27.6 Å². The predicted molar refractivity (Wildman–Crippen MR) is 131 cm³/mol. The van der Waals surface area contributed by atoms with E-state index in [1.165, 1.54) is 4.31 Å². The summed E-state index contributed by atoms with van der Waals surface area (Å²) >= 11 is 5.97. The Kier molecular flexibility index (Phi) is 7.56. The number of aliphatic carboxylic acids is 1. The van der Waals surface area contributed by atoms with Crippen LogP contribution in [0.15, 0.2) is 77.7 Å². The number of sulfonamides is 1. The van der Waals surface area contributed by atoms with Crippen LogP contribution in [-0.2, 0) is 27.8 Å². The summed E-state index contributed by atoms with van der Waals surface area (Å²) in [6.07, 6.45) is 1.38. The molecule has 1 unspecified atom stereocenters. The first-order valence-electron chi connectivity index (χ1n) is 11.1. The van der Waals surface area contributed by atoms with Gasteiger partial charge in [-0.05, 0) is 59.9 Å². The first-order chi connectivity index (χ1) is 16.3. The summed E-state index contributed by atoms with van der Waals surface area (Å²) in [6, 6.07) is 21.2. The van der Waals surface area contributed by atoms with Crippen LogP contribution in [-0.4, -0.2) is 36.9 Å². The molecule has 0 aliphatic carbocycles. The number of carboxylic acid groups (broad SMARTS) is 1. The summed E-state index contributed by atoms with van der Waals surface area (Å²) in [4.78, 5) is 11.6. The Morgan fingerprint density at radius 2 is 1.74 bits per heavy atom. The lowest BCUT2D eigenvalue weighted by atomic mass is 9.89. The fourth-order valence-corrected chi connectivity index (χ4v) is 5.90. The van der Waals surface area contributed by atoms with E-state index in [1.54, 1.807) is 54.6 Å². The van der Waals surface area contributed by atoms with E-state index in [4.69, 9.17) is 16.3 Å². The molecule has 0 spiro atoms. The highest BCUT2D eigenvalue weighted by molar-refractivity contribution is 7.89. The van der Waals surface area contributed by atoms with Crippen LogP contribution >= 0.6 is 11.6 Å². The van der Waals surface area contributed by atoms with Gasteiger partial charge >= 0.3 is 5.97 Å². The molecule has 1 heterocycles. The van der Waals surface area contributed by atoms with Gasteiger partial charge in [-0.3, -0.25) is 4.79 Å². The third-order valence-corrected chi connectivity index (χ3v) is 8.07. The van der Waals surface area contributed by atoms with Crippen molar-refractivity contribution in [1.82, 2.24) is 4.31 Å².